The van der Waals surface area contributed by atoms with Gasteiger partial charge in [-0.25, -0.2) is 5.10 Å². The summed E-state index contributed by atoms with van der Waals surface area (Å²) in [5.74, 6) is 0.214. The molecule has 0 heterocycles. The second-order valence-electron chi connectivity index (χ2n) is 4.47. The van der Waals surface area contributed by atoms with Gasteiger partial charge in [-0.1, -0.05) is 33.1 Å². The van der Waals surface area contributed by atoms with Gasteiger partial charge in [-0.15, -0.1) is 0 Å². The van der Waals surface area contributed by atoms with Crippen molar-refractivity contribution in [3.05, 3.63) is 0 Å². The summed E-state index contributed by atoms with van der Waals surface area (Å²) in [7, 11) is -1.72. The van der Waals surface area contributed by atoms with Crippen molar-refractivity contribution >= 4 is 29.4 Å². The Kier molecular flexibility index (Phi) is 6.75. The molecule has 0 aliphatic heterocycles. The van der Waals surface area contributed by atoms with Gasteiger partial charge in [0.2, 0.25) is 0 Å². The van der Waals surface area contributed by atoms with Crippen LogP contribution >= 0.6 is 0 Å². The fraction of sp³-hybridized carbons (Fsp3) is 0.800. The number of hydrogen-bond acceptors (Lipinski definition) is 3. The number of hydrazone groups is 1. The summed E-state index contributed by atoms with van der Waals surface area (Å²) in [5.41, 5.74) is 1.05. The van der Waals surface area contributed by atoms with Crippen LogP contribution in [0.3, 0.4) is 0 Å². The SMILES string of the molecule is CCC(CC(C)=O)=NN([SiH](C)C)[SiH](C)C. The Morgan fingerprint density at radius 1 is 1.20 bits per heavy atom. The fourth-order valence-corrected chi connectivity index (χ4v) is 7.07. The molecule has 0 N–H and O–H groups in total. The first kappa shape index (κ1) is 14.6. The Morgan fingerprint density at radius 2 is 1.67 bits per heavy atom. The molecule has 0 saturated heterocycles. The first-order valence-electron chi connectivity index (χ1n) is 5.72. The summed E-state index contributed by atoms with van der Waals surface area (Å²) in [6, 6.07) is 0. The molecule has 15 heavy (non-hydrogen) atoms. The Hall–Kier alpha value is -0.426. The van der Waals surface area contributed by atoms with Crippen molar-refractivity contribution in [2.45, 2.75) is 52.9 Å². The van der Waals surface area contributed by atoms with Crippen molar-refractivity contribution < 1.29 is 4.79 Å². The number of ketones is 1. The minimum Gasteiger partial charge on any atom is -0.355 e. The number of nitrogens with zero attached hydrogens (tertiary/aromatic N) is 2. The van der Waals surface area contributed by atoms with Crippen LogP contribution in [0.2, 0.25) is 26.2 Å². The van der Waals surface area contributed by atoms with Crippen LogP contribution < -0.4 is 0 Å². The van der Waals surface area contributed by atoms with Crippen LogP contribution in [0, 0.1) is 0 Å². The highest BCUT2D eigenvalue weighted by Gasteiger charge is 2.14. The van der Waals surface area contributed by atoms with Crippen molar-refractivity contribution in [1.82, 2.24) is 4.34 Å². The smallest absolute Gasteiger partial charge is 0.144 e. The quantitative estimate of drug-likeness (QED) is 0.407. The first-order valence-corrected chi connectivity index (χ1v) is 11.4. The van der Waals surface area contributed by atoms with Crippen LogP contribution in [-0.4, -0.2) is 33.8 Å². The summed E-state index contributed by atoms with van der Waals surface area (Å²) in [5, 5.41) is 4.69. The van der Waals surface area contributed by atoms with E-state index in [0.29, 0.717) is 6.42 Å². The van der Waals surface area contributed by atoms with Crippen LogP contribution in [0.4, 0.5) is 0 Å². The molecule has 0 aliphatic rings. The maximum absolute atomic E-state index is 11.1. The van der Waals surface area contributed by atoms with Crippen LogP contribution in [-0.2, 0) is 4.79 Å². The van der Waals surface area contributed by atoms with E-state index in [4.69, 9.17) is 0 Å². The first-order chi connectivity index (χ1) is 6.88. The topological polar surface area (TPSA) is 32.7 Å². The fourth-order valence-electron chi connectivity index (χ4n) is 1.51. The van der Waals surface area contributed by atoms with Crippen LogP contribution in [0.25, 0.3) is 0 Å². The zero-order valence-corrected chi connectivity index (χ0v) is 13.2. The van der Waals surface area contributed by atoms with Gasteiger partial charge >= 0.3 is 0 Å². The van der Waals surface area contributed by atoms with E-state index in [9.17, 15) is 4.79 Å². The van der Waals surface area contributed by atoms with E-state index >= 15 is 0 Å². The molecule has 0 saturated carbocycles. The summed E-state index contributed by atoms with van der Waals surface area (Å²) in [4.78, 5) is 11.1. The Morgan fingerprint density at radius 3 is 1.93 bits per heavy atom. The molecule has 0 fully saturated rings. The van der Waals surface area contributed by atoms with Crippen molar-refractivity contribution in [2.75, 3.05) is 0 Å². The third-order valence-electron chi connectivity index (χ3n) is 2.18. The van der Waals surface area contributed by atoms with Crippen LogP contribution in [0.5, 0.6) is 0 Å². The van der Waals surface area contributed by atoms with E-state index in [1.54, 1.807) is 6.92 Å². The van der Waals surface area contributed by atoms with Crippen molar-refractivity contribution in [3.8, 4) is 0 Å². The molecular formula is C10H24N2OSi2. The minimum absolute atomic E-state index is 0.214. The highest BCUT2D eigenvalue weighted by molar-refractivity contribution is 6.69. The van der Waals surface area contributed by atoms with E-state index in [1.807, 2.05) is 0 Å². The highest BCUT2D eigenvalue weighted by Crippen LogP contribution is 2.04. The highest BCUT2D eigenvalue weighted by atomic mass is 28.3. The van der Waals surface area contributed by atoms with Gasteiger partial charge in [0.1, 0.15) is 23.7 Å². The van der Waals surface area contributed by atoms with Gasteiger partial charge in [0.05, 0.1) is 0 Å². The van der Waals surface area contributed by atoms with Gasteiger partial charge < -0.3 is 4.34 Å². The largest absolute Gasteiger partial charge is 0.355 e. The molecule has 3 nitrogen and oxygen atoms in total. The predicted octanol–water partition coefficient (Wildman–Crippen LogP) is 2.00. The van der Waals surface area contributed by atoms with Crippen molar-refractivity contribution in [2.24, 2.45) is 5.10 Å². The lowest BCUT2D eigenvalue weighted by Crippen LogP contribution is -2.39. The zero-order valence-electron chi connectivity index (χ0n) is 10.9. The maximum Gasteiger partial charge on any atom is 0.144 e. The Labute approximate surface area is 96.9 Å². The number of carbonyl (C=O) groups is 1. The molecule has 0 bridgehead atoms. The normalized spacial score (nSPS) is 12.4. The maximum atomic E-state index is 11.1. The van der Waals surface area contributed by atoms with E-state index in [0.717, 1.165) is 12.1 Å². The van der Waals surface area contributed by atoms with Crippen molar-refractivity contribution in [3.63, 3.8) is 0 Å². The lowest BCUT2D eigenvalue weighted by atomic mass is 10.2. The van der Waals surface area contributed by atoms with Gasteiger partial charge in [-0.2, -0.15) is 0 Å². The summed E-state index contributed by atoms with van der Waals surface area (Å²) in [6.07, 6.45) is 1.41. The van der Waals surface area contributed by atoms with E-state index in [-0.39, 0.29) is 5.78 Å². The molecule has 0 aromatic rings. The number of Topliss-reactive ketones (excluding diaryl/α,β-unsaturated/α-hetero) is 1. The third kappa shape index (κ3) is 5.89. The van der Waals surface area contributed by atoms with Crippen LogP contribution in [0.1, 0.15) is 26.7 Å². The number of hydrogen-bond donors (Lipinski definition) is 0. The van der Waals surface area contributed by atoms with E-state index in [2.05, 4.69) is 42.6 Å². The molecule has 5 heteroatoms. The minimum atomic E-state index is -0.862. The monoisotopic (exact) mass is 244 g/mol. The van der Waals surface area contributed by atoms with Crippen LogP contribution in [0.15, 0.2) is 5.10 Å². The zero-order chi connectivity index (χ0) is 12.0. The van der Waals surface area contributed by atoms with Gasteiger partial charge in [-0.3, -0.25) is 4.79 Å². The molecule has 0 aromatic carbocycles. The van der Waals surface area contributed by atoms with E-state index in [1.165, 1.54) is 0 Å². The lowest BCUT2D eigenvalue weighted by molar-refractivity contribution is -0.115. The van der Waals surface area contributed by atoms with E-state index < -0.39 is 17.9 Å². The summed E-state index contributed by atoms with van der Waals surface area (Å²) >= 11 is 0. The Balaban J connectivity index is 4.67. The summed E-state index contributed by atoms with van der Waals surface area (Å²) in [6.45, 7) is 12.9. The Bertz CT molecular complexity index is 232. The van der Waals surface area contributed by atoms with Gasteiger partial charge in [0.25, 0.3) is 0 Å². The predicted molar refractivity (Wildman–Crippen MR) is 72.6 cm³/mol. The average Bonchev–Trinajstić information content (AvgIpc) is 2.10. The molecule has 0 amide bonds. The number of carbonyl (C=O) groups excluding carboxylic acids is 1. The van der Waals surface area contributed by atoms with Gasteiger partial charge in [-0.05, 0) is 13.3 Å². The lowest BCUT2D eigenvalue weighted by Gasteiger charge is -2.27. The number of rotatable bonds is 6. The van der Waals surface area contributed by atoms with Gasteiger partial charge in [0.15, 0.2) is 0 Å². The van der Waals surface area contributed by atoms with Crippen molar-refractivity contribution in [1.29, 1.82) is 0 Å². The molecule has 0 radical (unpaired) electrons. The molecule has 88 valence electrons. The molecule has 0 spiro atoms. The average molecular weight is 244 g/mol. The summed E-state index contributed by atoms with van der Waals surface area (Å²) < 4.78 is 2.34. The second-order valence-corrected chi connectivity index (χ2v) is 10.5. The standard InChI is InChI=1S/C10H24N2OSi2/c1-7-10(8-9(2)13)11-12(14(3)4)15(5)6/h14-15H,7-8H2,1-6H3. The van der Waals surface area contributed by atoms with Gasteiger partial charge in [0, 0.05) is 12.1 Å². The molecule has 0 aromatic heterocycles. The molecule has 0 unspecified atom stereocenters. The molecule has 0 aliphatic carbocycles. The molecular weight excluding hydrogens is 220 g/mol. The molecule has 0 atom stereocenters. The molecule has 0 rings (SSSR count). The third-order valence-corrected chi connectivity index (χ3v) is 8.10. The second kappa shape index (κ2) is 6.95.